The van der Waals surface area contributed by atoms with Crippen LogP contribution in [0, 0.1) is 25.7 Å². The van der Waals surface area contributed by atoms with Crippen LogP contribution < -0.4 is 10.5 Å². The van der Waals surface area contributed by atoms with E-state index in [2.05, 4.69) is 35.8 Å². The van der Waals surface area contributed by atoms with Crippen molar-refractivity contribution in [3.63, 3.8) is 0 Å². The molecule has 2 aromatic rings. The van der Waals surface area contributed by atoms with E-state index in [1.165, 1.54) is 19.3 Å². The number of para-hydroxylation sites is 1. The van der Waals surface area contributed by atoms with Crippen LogP contribution in [-0.4, -0.2) is 27.2 Å². The van der Waals surface area contributed by atoms with E-state index in [9.17, 15) is 4.79 Å². The summed E-state index contributed by atoms with van der Waals surface area (Å²) in [7, 11) is 0. The van der Waals surface area contributed by atoms with Crippen LogP contribution in [-0.2, 0) is 6.67 Å². The molecule has 144 valence electrons. The van der Waals surface area contributed by atoms with Gasteiger partial charge in [-0.05, 0) is 44.2 Å². The van der Waals surface area contributed by atoms with Gasteiger partial charge in [-0.25, -0.2) is 4.98 Å². The molecule has 0 radical (unpaired) electrons. The van der Waals surface area contributed by atoms with Crippen LogP contribution in [0.3, 0.4) is 0 Å². The molecular formula is C22H30N4O. The first-order valence-corrected chi connectivity index (χ1v) is 10.1. The van der Waals surface area contributed by atoms with Crippen LogP contribution in [0.4, 0.5) is 11.6 Å². The molecule has 0 saturated heterocycles. The van der Waals surface area contributed by atoms with Crippen LogP contribution in [0.25, 0.3) is 0 Å². The Morgan fingerprint density at radius 2 is 1.78 bits per heavy atom. The molecule has 5 nitrogen and oxygen atoms in total. The minimum absolute atomic E-state index is 0.0830. The van der Waals surface area contributed by atoms with Gasteiger partial charge in [-0.15, -0.1) is 0 Å². The second-order valence-corrected chi connectivity index (χ2v) is 8.33. The maximum absolute atomic E-state index is 13.1. The lowest BCUT2D eigenvalue weighted by Crippen LogP contribution is -2.54. The average molecular weight is 367 g/mol. The Kier molecular flexibility index (Phi) is 4.81. The topological polar surface area (TPSA) is 41.4 Å². The smallest absolute Gasteiger partial charge is 0.259 e. The number of fused-ring (bicyclic) bond motifs is 1. The van der Waals surface area contributed by atoms with E-state index < -0.39 is 0 Å². The summed E-state index contributed by atoms with van der Waals surface area (Å²) in [4.78, 5) is 22.5. The zero-order chi connectivity index (χ0) is 19.1. The van der Waals surface area contributed by atoms with Crippen molar-refractivity contribution < 1.29 is 0 Å². The summed E-state index contributed by atoms with van der Waals surface area (Å²) in [6.07, 6.45) is 3.78. The van der Waals surface area contributed by atoms with Crippen molar-refractivity contribution in [1.29, 1.82) is 0 Å². The summed E-state index contributed by atoms with van der Waals surface area (Å²) in [5.41, 5.74) is 2.74. The maximum Gasteiger partial charge on any atom is 0.259 e. The number of rotatable bonds is 2. The molecule has 1 aliphatic carbocycles. The SMILES string of the molecule is Cc1nc2n(c(=O)c1C)CN(C1CCCC(C)C1C)CN2c1ccccc1. The summed E-state index contributed by atoms with van der Waals surface area (Å²) in [6.45, 7) is 9.96. The highest BCUT2D eigenvalue weighted by atomic mass is 16.1. The Balaban J connectivity index is 1.79. The van der Waals surface area contributed by atoms with Gasteiger partial charge < -0.3 is 0 Å². The van der Waals surface area contributed by atoms with Crippen LogP contribution in [0.2, 0.25) is 0 Å². The van der Waals surface area contributed by atoms with E-state index >= 15 is 0 Å². The number of aryl methyl sites for hydroxylation is 1. The third-order valence-corrected chi connectivity index (χ3v) is 6.71. The van der Waals surface area contributed by atoms with Gasteiger partial charge in [0.1, 0.15) is 0 Å². The Morgan fingerprint density at radius 1 is 1.04 bits per heavy atom. The van der Waals surface area contributed by atoms with E-state index in [0.717, 1.165) is 35.5 Å². The molecule has 2 aliphatic rings. The molecule has 3 unspecified atom stereocenters. The molecule has 4 rings (SSSR count). The Labute approximate surface area is 161 Å². The number of benzene rings is 1. The zero-order valence-corrected chi connectivity index (χ0v) is 16.9. The van der Waals surface area contributed by atoms with Crippen LogP contribution in [0.5, 0.6) is 0 Å². The van der Waals surface area contributed by atoms with Gasteiger partial charge in [-0.3, -0.25) is 19.2 Å². The van der Waals surface area contributed by atoms with Gasteiger partial charge in [0, 0.05) is 23.0 Å². The first kappa shape index (κ1) is 18.2. The monoisotopic (exact) mass is 366 g/mol. The van der Waals surface area contributed by atoms with Crippen LogP contribution in [0.1, 0.15) is 44.4 Å². The van der Waals surface area contributed by atoms with Crippen molar-refractivity contribution in [2.75, 3.05) is 11.6 Å². The van der Waals surface area contributed by atoms with Crippen molar-refractivity contribution in [2.24, 2.45) is 11.8 Å². The van der Waals surface area contributed by atoms with Gasteiger partial charge >= 0.3 is 0 Å². The van der Waals surface area contributed by atoms with Gasteiger partial charge in [0.25, 0.3) is 5.56 Å². The highest BCUT2D eigenvalue weighted by molar-refractivity contribution is 5.58. The van der Waals surface area contributed by atoms with Crippen molar-refractivity contribution >= 4 is 11.6 Å². The fraction of sp³-hybridized carbons (Fsp3) is 0.545. The molecule has 0 spiro atoms. The lowest BCUT2D eigenvalue weighted by molar-refractivity contribution is 0.0491. The van der Waals surface area contributed by atoms with Gasteiger partial charge in [-0.1, -0.05) is 44.9 Å². The Morgan fingerprint density at radius 3 is 2.52 bits per heavy atom. The lowest BCUT2D eigenvalue weighted by Gasteiger charge is -2.46. The number of hydrogen-bond donors (Lipinski definition) is 0. The van der Waals surface area contributed by atoms with Gasteiger partial charge in [0.2, 0.25) is 5.95 Å². The van der Waals surface area contributed by atoms with E-state index in [-0.39, 0.29) is 5.56 Å². The van der Waals surface area contributed by atoms with Crippen molar-refractivity contribution in [3.8, 4) is 0 Å². The predicted molar refractivity (Wildman–Crippen MR) is 109 cm³/mol. The van der Waals surface area contributed by atoms with Crippen LogP contribution >= 0.6 is 0 Å². The fourth-order valence-corrected chi connectivity index (χ4v) is 4.63. The third kappa shape index (κ3) is 3.18. The minimum atomic E-state index is 0.0830. The standard InChI is InChI=1S/C22H30N4O/c1-15-9-8-12-20(16(15)2)24-13-25(19-10-6-5-7-11-19)22-23-18(4)17(3)21(27)26(22)14-24/h5-7,10-11,15-16,20H,8-9,12-14H2,1-4H3. The molecular weight excluding hydrogens is 336 g/mol. The molecule has 1 aliphatic heterocycles. The van der Waals surface area contributed by atoms with Crippen LogP contribution in [0.15, 0.2) is 35.1 Å². The molecule has 0 N–H and O–H groups in total. The fourth-order valence-electron chi connectivity index (χ4n) is 4.63. The molecule has 1 aromatic carbocycles. The quantitative estimate of drug-likeness (QED) is 0.804. The van der Waals surface area contributed by atoms with E-state index in [1.54, 1.807) is 0 Å². The number of hydrogen-bond acceptors (Lipinski definition) is 4. The van der Waals surface area contributed by atoms with Crippen molar-refractivity contribution in [2.45, 2.75) is 59.7 Å². The maximum atomic E-state index is 13.1. The van der Waals surface area contributed by atoms with Gasteiger partial charge in [0.05, 0.1) is 13.3 Å². The lowest BCUT2D eigenvalue weighted by atomic mass is 9.77. The summed E-state index contributed by atoms with van der Waals surface area (Å²) >= 11 is 0. The van der Waals surface area contributed by atoms with Gasteiger partial charge in [0.15, 0.2) is 0 Å². The number of nitrogens with zero attached hydrogens (tertiary/aromatic N) is 4. The summed E-state index contributed by atoms with van der Waals surface area (Å²) in [6, 6.07) is 10.8. The molecule has 0 bridgehead atoms. The Bertz CT molecular complexity index is 876. The molecule has 1 aromatic heterocycles. The third-order valence-electron chi connectivity index (χ3n) is 6.71. The second-order valence-electron chi connectivity index (χ2n) is 8.33. The Hall–Kier alpha value is -2.14. The molecule has 2 heterocycles. The largest absolute Gasteiger partial charge is 0.298 e. The molecule has 0 amide bonds. The van der Waals surface area contributed by atoms with E-state index in [1.807, 2.05) is 36.6 Å². The molecule has 1 saturated carbocycles. The van der Waals surface area contributed by atoms with E-state index in [0.29, 0.717) is 18.6 Å². The normalized spacial score (nSPS) is 26.1. The number of anilines is 2. The summed E-state index contributed by atoms with van der Waals surface area (Å²) in [5, 5.41) is 0. The van der Waals surface area contributed by atoms with Gasteiger partial charge in [-0.2, -0.15) is 0 Å². The minimum Gasteiger partial charge on any atom is -0.298 e. The zero-order valence-electron chi connectivity index (χ0n) is 16.9. The summed E-state index contributed by atoms with van der Waals surface area (Å²) in [5.74, 6) is 2.13. The molecule has 3 atom stereocenters. The highest BCUT2D eigenvalue weighted by Gasteiger charge is 2.36. The molecule has 27 heavy (non-hydrogen) atoms. The van der Waals surface area contributed by atoms with Crippen molar-refractivity contribution in [1.82, 2.24) is 14.5 Å². The average Bonchev–Trinajstić information content (AvgIpc) is 2.68. The second kappa shape index (κ2) is 7.12. The first-order chi connectivity index (χ1) is 13.0. The van der Waals surface area contributed by atoms with Crippen molar-refractivity contribution in [3.05, 3.63) is 51.9 Å². The first-order valence-electron chi connectivity index (χ1n) is 10.1. The molecule has 5 heteroatoms. The van der Waals surface area contributed by atoms with E-state index in [4.69, 9.17) is 4.98 Å². The molecule has 1 fully saturated rings. The highest BCUT2D eigenvalue weighted by Crippen LogP contribution is 2.36. The number of aromatic nitrogens is 2. The predicted octanol–water partition coefficient (Wildman–Crippen LogP) is 4.05. The summed E-state index contributed by atoms with van der Waals surface area (Å²) < 4.78 is 1.87.